The Bertz CT molecular complexity index is 1280. The highest BCUT2D eigenvalue weighted by Crippen LogP contribution is 2.33. The van der Waals surface area contributed by atoms with Crippen LogP contribution in [0.4, 0.5) is 10.2 Å². The van der Waals surface area contributed by atoms with Gasteiger partial charge in [-0.15, -0.1) is 11.8 Å². The van der Waals surface area contributed by atoms with Crippen LogP contribution in [-0.4, -0.2) is 35.7 Å². The molecule has 1 aliphatic heterocycles. The standard InChI is InChI=1S/C18H18FN3O.C9H11NOS.H2/c1-12-5-6-13(9-15(12)19)16-10-14-17(20-11-21-18(14)23-16)22-7-3-2-4-8-22;1-12-9-4-2-8(3-5-9)6-10-7-11;/h5-6,9-11H,2-4,7-8H2,1H3;2-5,7H,6H2,1H3,(H,10,11);1H. The Morgan fingerprint density at radius 3 is 2.57 bits per heavy atom. The SMILES string of the molecule is CSc1ccc(CNC=O)cc1.Cc1ccc(-c2cc3c(N4CCCCC4)ncnc3o2)cc1F.[HH]. The molecule has 6 nitrogen and oxygen atoms in total. The van der Waals surface area contributed by atoms with Crippen LogP contribution in [0.25, 0.3) is 22.4 Å². The second-order valence-electron chi connectivity index (χ2n) is 8.39. The molecule has 1 saturated heterocycles. The van der Waals surface area contributed by atoms with E-state index in [4.69, 9.17) is 4.42 Å². The largest absolute Gasteiger partial charge is 0.438 e. The van der Waals surface area contributed by atoms with Gasteiger partial charge in [-0.25, -0.2) is 14.4 Å². The number of carbonyl (C=O) groups is 1. The van der Waals surface area contributed by atoms with Crippen LogP contribution in [0, 0.1) is 12.7 Å². The molecule has 0 atom stereocenters. The first kappa shape index (κ1) is 24.7. The Morgan fingerprint density at radius 1 is 1.11 bits per heavy atom. The third-order valence-corrected chi connectivity index (χ3v) is 6.71. The molecule has 5 rings (SSSR count). The monoisotopic (exact) mass is 494 g/mol. The fraction of sp³-hybridized carbons (Fsp3) is 0.296. The molecule has 0 radical (unpaired) electrons. The molecule has 1 N–H and O–H groups in total. The number of aryl methyl sites for hydroxylation is 1. The Balaban J connectivity index is 0.000000237. The Hall–Kier alpha value is -3.39. The zero-order valence-electron chi connectivity index (χ0n) is 20.0. The first-order valence-electron chi connectivity index (χ1n) is 11.6. The van der Waals surface area contributed by atoms with E-state index >= 15 is 0 Å². The van der Waals surface area contributed by atoms with Crippen molar-refractivity contribution in [2.75, 3.05) is 24.2 Å². The summed E-state index contributed by atoms with van der Waals surface area (Å²) in [7, 11) is 0. The molecular formula is C27H31FN4O2S. The van der Waals surface area contributed by atoms with Gasteiger partial charge < -0.3 is 14.6 Å². The summed E-state index contributed by atoms with van der Waals surface area (Å²) in [6, 6.07) is 15.2. The highest BCUT2D eigenvalue weighted by atomic mass is 32.2. The van der Waals surface area contributed by atoms with Crippen LogP contribution in [-0.2, 0) is 11.3 Å². The number of aromatic nitrogens is 2. The van der Waals surface area contributed by atoms with E-state index in [1.54, 1.807) is 24.8 Å². The number of anilines is 1. The minimum atomic E-state index is -0.231. The second kappa shape index (κ2) is 11.8. The molecule has 4 aromatic rings. The minimum absolute atomic E-state index is 0. The molecule has 0 bridgehead atoms. The van der Waals surface area contributed by atoms with Crippen LogP contribution in [0.5, 0.6) is 0 Å². The Kier molecular flexibility index (Phi) is 8.36. The van der Waals surface area contributed by atoms with Crippen LogP contribution in [0.2, 0.25) is 0 Å². The summed E-state index contributed by atoms with van der Waals surface area (Å²) in [5.41, 5.74) is 3.02. The first-order chi connectivity index (χ1) is 17.1. The fourth-order valence-electron chi connectivity index (χ4n) is 3.99. The maximum Gasteiger partial charge on any atom is 0.231 e. The van der Waals surface area contributed by atoms with Crippen molar-refractivity contribution in [1.29, 1.82) is 0 Å². The van der Waals surface area contributed by atoms with Crippen LogP contribution in [0.3, 0.4) is 0 Å². The normalized spacial score (nSPS) is 13.3. The number of hydrogen-bond donors (Lipinski definition) is 1. The predicted molar refractivity (Wildman–Crippen MR) is 141 cm³/mol. The molecule has 0 aliphatic carbocycles. The maximum atomic E-state index is 13.8. The van der Waals surface area contributed by atoms with E-state index in [-0.39, 0.29) is 7.24 Å². The van der Waals surface area contributed by atoms with Crippen molar-refractivity contribution in [3.63, 3.8) is 0 Å². The molecule has 8 heteroatoms. The van der Waals surface area contributed by atoms with Crippen LogP contribution >= 0.6 is 11.8 Å². The van der Waals surface area contributed by atoms with Gasteiger partial charge in [0.25, 0.3) is 0 Å². The van der Waals surface area contributed by atoms with Crippen LogP contribution in [0.15, 0.2) is 64.2 Å². The molecule has 1 amide bonds. The summed E-state index contributed by atoms with van der Waals surface area (Å²) in [6.45, 7) is 4.37. The van der Waals surface area contributed by atoms with Crippen LogP contribution in [0.1, 0.15) is 31.8 Å². The molecule has 35 heavy (non-hydrogen) atoms. The third kappa shape index (κ3) is 6.19. The van der Waals surface area contributed by atoms with Crippen molar-refractivity contribution >= 4 is 35.1 Å². The van der Waals surface area contributed by atoms with E-state index < -0.39 is 0 Å². The topological polar surface area (TPSA) is 71.3 Å². The van der Waals surface area contributed by atoms with Gasteiger partial charge in [-0.1, -0.05) is 24.3 Å². The summed E-state index contributed by atoms with van der Waals surface area (Å²) >= 11 is 1.71. The number of amides is 1. The summed E-state index contributed by atoms with van der Waals surface area (Å²) in [4.78, 5) is 22.2. The number of piperidine rings is 1. The first-order valence-corrected chi connectivity index (χ1v) is 12.9. The molecule has 0 spiro atoms. The lowest BCUT2D eigenvalue weighted by molar-refractivity contribution is -0.109. The van der Waals surface area contributed by atoms with Crippen molar-refractivity contribution in [3.8, 4) is 11.3 Å². The summed E-state index contributed by atoms with van der Waals surface area (Å²) in [5, 5.41) is 3.51. The minimum Gasteiger partial charge on any atom is -0.438 e. The van der Waals surface area contributed by atoms with Gasteiger partial charge in [0, 0.05) is 31.5 Å². The van der Waals surface area contributed by atoms with Crippen molar-refractivity contribution < 1.29 is 15.0 Å². The number of furan rings is 1. The van der Waals surface area contributed by atoms with E-state index in [2.05, 4.69) is 20.2 Å². The maximum absolute atomic E-state index is 13.8. The van der Waals surface area contributed by atoms with Crippen molar-refractivity contribution in [2.45, 2.75) is 37.6 Å². The zero-order chi connectivity index (χ0) is 24.6. The highest BCUT2D eigenvalue weighted by molar-refractivity contribution is 7.98. The van der Waals surface area contributed by atoms with E-state index in [1.165, 1.54) is 36.6 Å². The number of benzene rings is 2. The molecule has 3 heterocycles. The number of hydrogen-bond acceptors (Lipinski definition) is 6. The van der Waals surface area contributed by atoms with Gasteiger partial charge in [-0.05, 0) is 67.8 Å². The number of nitrogens with one attached hydrogen (secondary N) is 1. The van der Waals surface area contributed by atoms with E-state index in [9.17, 15) is 9.18 Å². The molecular weight excluding hydrogens is 463 g/mol. The Labute approximate surface area is 210 Å². The number of rotatable bonds is 6. The van der Waals surface area contributed by atoms with Crippen molar-refractivity contribution in [3.05, 3.63) is 71.8 Å². The Morgan fingerprint density at radius 2 is 1.89 bits per heavy atom. The number of thioether (sulfide) groups is 1. The lowest BCUT2D eigenvalue weighted by Crippen LogP contribution is -2.30. The number of fused-ring (bicyclic) bond motifs is 1. The zero-order valence-corrected chi connectivity index (χ0v) is 20.8. The van der Waals surface area contributed by atoms with E-state index in [0.717, 1.165) is 35.4 Å². The van der Waals surface area contributed by atoms with Gasteiger partial charge in [0.1, 0.15) is 23.7 Å². The summed E-state index contributed by atoms with van der Waals surface area (Å²) < 4.78 is 19.6. The van der Waals surface area contributed by atoms with Crippen LogP contribution < -0.4 is 10.2 Å². The fourth-order valence-corrected chi connectivity index (χ4v) is 4.40. The highest BCUT2D eigenvalue weighted by Gasteiger charge is 2.18. The van der Waals surface area contributed by atoms with Gasteiger partial charge in [-0.2, -0.15) is 0 Å². The lowest BCUT2D eigenvalue weighted by Gasteiger charge is -2.27. The molecule has 184 valence electrons. The lowest BCUT2D eigenvalue weighted by atomic mass is 10.1. The van der Waals surface area contributed by atoms with Crippen molar-refractivity contribution in [2.24, 2.45) is 0 Å². The van der Waals surface area contributed by atoms with E-state index in [0.29, 0.717) is 30.0 Å². The van der Waals surface area contributed by atoms with Gasteiger partial charge in [0.05, 0.1) is 5.39 Å². The van der Waals surface area contributed by atoms with Gasteiger partial charge in [0.15, 0.2) is 0 Å². The molecule has 1 fully saturated rings. The number of nitrogens with zero attached hydrogens (tertiary/aromatic N) is 3. The number of carbonyl (C=O) groups excluding carboxylic acids is 1. The average Bonchev–Trinajstić information content (AvgIpc) is 3.35. The predicted octanol–water partition coefficient (Wildman–Crippen LogP) is 6.23. The molecule has 2 aromatic carbocycles. The van der Waals surface area contributed by atoms with Gasteiger partial charge in [0.2, 0.25) is 12.1 Å². The quantitative estimate of drug-likeness (QED) is 0.253. The average molecular weight is 495 g/mol. The molecule has 1 aliphatic rings. The van der Waals surface area contributed by atoms with Gasteiger partial charge in [-0.3, -0.25) is 4.79 Å². The molecule has 0 unspecified atom stereocenters. The van der Waals surface area contributed by atoms with E-state index in [1.807, 2.05) is 42.7 Å². The smallest absolute Gasteiger partial charge is 0.231 e. The number of halogens is 1. The molecule has 0 saturated carbocycles. The molecule has 2 aromatic heterocycles. The van der Waals surface area contributed by atoms with Crippen molar-refractivity contribution in [1.82, 2.24) is 15.3 Å². The summed E-state index contributed by atoms with van der Waals surface area (Å²) in [5.74, 6) is 1.31. The summed E-state index contributed by atoms with van der Waals surface area (Å²) in [6.07, 6.45) is 7.92. The van der Waals surface area contributed by atoms with Gasteiger partial charge >= 0.3 is 0 Å². The second-order valence-corrected chi connectivity index (χ2v) is 9.26. The third-order valence-electron chi connectivity index (χ3n) is 5.97.